The maximum atomic E-state index is 11.8. The summed E-state index contributed by atoms with van der Waals surface area (Å²) >= 11 is 0. The fourth-order valence-corrected chi connectivity index (χ4v) is 3.08. The number of piperidine rings is 1. The number of nitrogens with zero attached hydrogens (tertiary/aromatic N) is 1. The molecule has 0 spiro atoms. The Bertz CT molecular complexity index is 276. The average Bonchev–Trinajstić information content (AvgIpc) is 2.33. The van der Waals surface area contributed by atoms with Crippen LogP contribution in [0.15, 0.2) is 0 Å². The quantitative estimate of drug-likeness (QED) is 0.645. The molecule has 118 valence electrons. The molecule has 3 atom stereocenters. The lowest BCUT2D eigenvalue weighted by molar-refractivity contribution is -0.121. The van der Waals surface area contributed by atoms with Crippen molar-refractivity contribution in [3.05, 3.63) is 0 Å². The van der Waals surface area contributed by atoms with Crippen molar-refractivity contribution >= 4 is 5.91 Å². The Labute approximate surface area is 123 Å². The molecular weight excluding hydrogens is 254 g/mol. The van der Waals surface area contributed by atoms with Gasteiger partial charge in [-0.15, -0.1) is 0 Å². The lowest BCUT2D eigenvalue weighted by Crippen LogP contribution is -2.48. The van der Waals surface area contributed by atoms with Crippen LogP contribution in [0.2, 0.25) is 0 Å². The Morgan fingerprint density at radius 2 is 2.00 bits per heavy atom. The molecule has 1 amide bonds. The van der Waals surface area contributed by atoms with Gasteiger partial charge in [-0.05, 0) is 25.2 Å². The number of hydrogen-bond donors (Lipinski definition) is 2. The molecule has 5 nitrogen and oxygen atoms in total. The fraction of sp³-hybridized carbons (Fsp3) is 0.933. The summed E-state index contributed by atoms with van der Waals surface area (Å²) in [6.45, 7) is 11.6. The van der Waals surface area contributed by atoms with Crippen molar-refractivity contribution in [2.75, 3.05) is 46.4 Å². The predicted octanol–water partition coefficient (Wildman–Crippen LogP) is 0.705. The summed E-state index contributed by atoms with van der Waals surface area (Å²) in [7, 11) is 1.66. The molecule has 0 aromatic rings. The summed E-state index contributed by atoms with van der Waals surface area (Å²) in [4.78, 5) is 14.2. The molecular formula is C15H31N3O2. The lowest BCUT2D eigenvalue weighted by atomic mass is 9.92. The molecule has 5 heteroatoms. The van der Waals surface area contributed by atoms with E-state index in [0.717, 1.165) is 31.5 Å². The second-order valence-corrected chi connectivity index (χ2v) is 6.30. The summed E-state index contributed by atoms with van der Waals surface area (Å²) in [5.74, 6) is 1.58. The first-order chi connectivity index (χ1) is 9.51. The van der Waals surface area contributed by atoms with Crippen LogP contribution in [0.1, 0.15) is 27.2 Å². The van der Waals surface area contributed by atoms with E-state index in [9.17, 15) is 4.79 Å². The van der Waals surface area contributed by atoms with Crippen LogP contribution in [0.5, 0.6) is 0 Å². The van der Waals surface area contributed by atoms with E-state index in [-0.39, 0.29) is 11.9 Å². The monoisotopic (exact) mass is 285 g/mol. The summed E-state index contributed by atoms with van der Waals surface area (Å²) in [6, 6.07) is 0.198. The minimum Gasteiger partial charge on any atom is -0.383 e. The van der Waals surface area contributed by atoms with E-state index >= 15 is 0 Å². The van der Waals surface area contributed by atoms with Crippen LogP contribution in [-0.2, 0) is 9.53 Å². The molecule has 0 aromatic carbocycles. The zero-order valence-electron chi connectivity index (χ0n) is 13.4. The van der Waals surface area contributed by atoms with Crippen LogP contribution in [0.3, 0.4) is 0 Å². The van der Waals surface area contributed by atoms with Gasteiger partial charge in [0.05, 0.1) is 13.2 Å². The fourth-order valence-electron chi connectivity index (χ4n) is 3.08. The average molecular weight is 285 g/mol. The smallest absolute Gasteiger partial charge is 0.234 e. The number of methoxy groups -OCH3 is 1. The molecule has 1 aliphatic rings. The highest BCUT2D eigenvalue weighted by Crippen LogP contribution is 2.20. The van der Waals surface area contributed by atoms with Gasteiger partial charge in [-0.1, -0.05) is 13.8 Å². The standard InChI is InChI=1S/C15H31N3O2/c1-12-7-13(2)10-18(9-12)11-14(3)17-15(19)8-16-5-6-20-4/h12-14,16H,5-11H2,1-4H3,(H,17,19). The van der Waals surface area contributed by atoms with E-state index in [1.807, 2.05) is 0 Å². The van der Waals surface area contributed by atoms with Crippen LogP contribution in [0.25, 0.3) is 0 Å². The minimum atomic E-state index is 0.0618. The van der Waals surface area contributed by atoms with Crippen LogP contribution in [0, 0.1) is 11.8 Å². The normalized spacial score (nSPS) is 25.4. The molecule has 1 rings (SSSR count). The number of carbonyl (C=O) groups excluding carboxylic acids is 1. The van der Waals surface area contributed by atoms with Crippen molar-refractivity contribution in [3.63, 3.8) is 0 Å². The number of rotatable bonds is 8. The third-order valence-corrected chi connectivity index (χ3v) is 3.65. The van der Waals surface area contributed by atoms with Crippen LogP contribution in [0.4, 0.5) is 0 Å². The van der Waals surface area contributed by atoms with E-state index in [0.29, 0.717) is 19.7 Å². The maximum absolute atomic E-state index is 11.8. The van der Waals surface area contributed by atoms with Gasteiger partial charge in [0.2, 0.25) is 5.91 Å². The van der Waals surface area contributed by atoms with E-state index < -0.39 is 0 Å². The van der Waals surface area contributed by atoms with E-state index in [1.54, 1.807) is 7.11 Å². The largest absolute Gasteiger partial charge is 0.383 e. The molecule has 1 fully saturated rings. The number of ether oxygens (including phenoxy) is 1. The van der Waals surface area contributed by atoms with Gasteiger partial charge in [-0.25, -0.2) is 0 Å². The minimum absolute atomic E-state index is 0.0618. The number of hydrogen-bond acceptors (Lipinski definition) is 4. The molecule has 1 heterocycles. The highest BCUT2D eigenvalue weighted by molar-refractivity contribution is 5.78. The van der Waals surface area contributed by atoms with Crippen molar-refractivity contribution in [2.45, 2.75) is 33.2 Å². The van der Waals surface area contributed by atoms with Crippen LogP contribution in [-0.4, -0.2) is 63.3 Å². The molecule has 2 N–H and O–H groups in total. The van der Waals surface area contributed by atoms with Gasteiger partial charge in [-0.3, -0.25) is 4.79 Å². The van der Waals surface area contributed by atoms with E-state index in [1.165, 1.54) is 6.42 Å². The molecule has 1 saturated heterocycles. The second kappa shape index (κ2) is 9.32. The molecule has 0 aromatic heterocycles. The molecule has 3 unspecified atom stereocenters. The zero-order chi connectivity index (χ0) is 15.0. The SMILES string of the molecule is COCCNCC(=O)NC(C)CN1CC(C)CC(C)C1. The first-order valence-corrected chi connectivity index (χ1v) is 7.72. The molecule has 20 heavy (non-hydrogen) atoms. The number of amides is 1. The topological polar surface area (TPSA) is 53.6 Å². The van der Waals surface area contributed by atoms with Gasteiger partial charge in [0, 0.05) is 39.3 Å². The maximum Gasteiger partial charge on any atom is 0.234 e. The Kier molecular flexibility index (Phi) is 8.11. The number of likely N-dealkylation sites (tertiary alicyclic amines) is 1. The summed E-state index contributed by atoms with van der Waals surface area (Å²) < 4.78 is 4.92. The lowest BCUT2D eigenvalue weighted by Gasteiger charge is -2.36. The van der Waals surface area contributed by atoms with Crippen molar-refractivity contribution in [1.29, 1.82) is 0 Å². The summed E-state index contributed by atoms with van der Waals surface area (Å²) in [6.07, 6.45) is 1.32. The summed E-state index contributed by atoms with van der Waals surface area (Å²) in [5, 5.41) is 6.11. The van der Waals surface area contributed by atoms with Crippen LogP contribution < -0.4 is 10.6 Å². The van der Waals surface area contributed by atoms with Crippen molar-refractivity contribution in [2.24, 2.45) is 11.8 Å². The van der Waals surface area contributed by atoms with Gasteiger partial charge in [0.1, 0.15) is 0 Å². The van der Waals surface area contributed by atoms with Gasteiger partial charge in [0.25, 0.3) is 0 Å². The van der Waals surface area contributed by atoms with Crippen molar-refractivity contribution < 1.29 is 9.53 Å². The molecule has 0 radical (unpaired) electrons. The Balaban J connectivity index is 2.18. The number of carbonyl (C=O) groups is 1. The van der Waals surface area contributed by atoms with E-state index in [4.69, 9.17) is 4.74 Å². The van der Waals surface area contributed by atoms with Gasteiger partial charge < -0.3 is 20.3 Å². The van der Waals surface area contributed by atoms with Crippen LogP contribution >= 0.6 is 0 Å². The Morgan fingerprint density at radius 1 is 1.35 bits per heavy atom. The second-order valence-electron chi connectivity index (χ2n) is 6.30. The van der Waals surface area contributed by atoms with Crippen molar-refractivity contribution in [1.82, 2.24) is 15.5 Å². The predicted molar refractivity (Wildman–Crippen MR) is 81.7 cm³/mol. The molecule has 0 bridgehead atoms. The Hall–Kier alpha value is -0.650. The van der Waals surface area contributed by atoms with Gasteiger partial charge in [-0.2, -0.15) is 0 Å². The number of nitrogens with one attached hydrogen (secondary N) is 2. The van der Waals surface area contributed by atoms with Crippen molar-refractivity contribution in [3.8, 4) is 0 Å². The highest BCUT2D eigenvalue weighted by atomic mass is 16.5. The van der Waals surface area contributed by atoms with Gasteiger partial charge >= 0.3 is 0 Å². The summed E-state index contributed by atoms with van der Waals surface area (Å²) in [5.41, 5.74) is 0. The van der Waals surface area contributed by atoms with Gasteiger partial charge in [0.15, 0.2) is 0 Å². The zero-order valence-corrected chi connectivity index (χ0v) is 13.4. The van der Waals surface area contributed by atoms with E-state index in [2.05, 4.69) is 36.3 Å². The molecule has 0 aliphatic carbocycles. The first-order valence-electron chi connectivity index (χ1n) is 7.72. The third-order valence-electron chi connectivity index (χ3n) is 3.65. The first kappa shape index (κ1) is 17.4. The molecule has 1 aliphatic heterocycles. The molecule has 0 saturated carbocycles. The third kappa shape index (κ3) is 7.22. The highest BCUT2D eigenvalue weighted by Gasteiger charge is 2.23. The Morgan fingerprint density at radius 3 is 2.60 bits per heavy atom.